The van der Waals surface area contributed by atoms with Crippen molar-refractivity contribution in [3.63, 3.8) is 0 Å². The van der Waals surface area contributed by atoms with Gasteiger partial charge < -0.3 is 16.0 Å². The SMILES string of the molecule is CCCC(CN)(CCC)C(=O)NC1CCN(C)CC1. The molecule has 1 aliphatic heterocycles. The summed E-state index contributed by atoms with van der Waals surface area (Å²) in [5.74, 6) is 0.188. The van der Waals surface area contributed by atoms with E-state index in [0.717, 1.165) is 51.6 Å². The van der Waals surface area contributed by atoms with Crippen molar-refractivity contribution in [2.24, 2.45) is 11.1 Å². The van der Waals surface area contributed by atoms with E-state index in [9.17, 15) is 4.79 Å². The lowest BCUT2D eigenvalue weighted by Crippen LogP contribution is -2.51. The summed E-state index contributed by atoms with van der Waals surface area (Å²) in [6.45, 7) is 6.86. The largest absolute Gasteiger partial charge is 0.353 e. The molecule has 0 aliphatic carbocycles. The molecule has 1 rings (SSSR count). The number of hydrogen-bond donors (Lipinski definition) is 2. The monoisotopic (exact) mass is 269 g/mol. The van der Waals surface area contributed by atoms with Crippen LogP contribution in [-0.2, 0) is 4.79 Å². The van der Waals surface area contributed by atoms with E-state index in [1.165, 1.54) is 0 Å². The highest BCUT2D eigenvalue weighted by Gasteiger charge is 2.36. The van der Waals surface area contributed by atoms with E-state index >= 15 is 0 Å². The van der Waals surface area contributed by atoms with E-state index in [0.29, 0.717) is 12.6 Å². The normalized spacial score (nSPS) is 18.5. The quantitative estimate of drug-likeness (QED) is 0.740. The topological polar surface area (TPSA) is 58.4 Å². The summed E-state index contributed by atoms with van der Waals surface area (Å²) in [7, 11) is 2.14. The molecule has 112 valence electrons. The number of nitrogens with zero attached hydrogens (tertiary/aromatic N) is 1. The van der Waals surface area contributed by atoms with Crippen LogP contribution in [-0.4, -0.2) is 43.5 Å². The Kier molecular flexibility index (Phi) is 6.80. The lowest BCUT2D eigenvalue weighted by molar-refractivity contribution is -0.132. The molecule has 0 radical (unpaired) electrons. The van der Waals surface area contributed by atoms with E-state index in [2.05, 4.69) is 31.1 Å². The first-order chi connectivity index (χ1) is 9.07. The minimum absolute atomic E-state index is 0.188. The summed E-state index contributed by atoms with van der Waals surface area (Å²) in [6, 6.07) is 0.336. The molecule has 0 bridgehead atoms. The lowest BCUT2D eigenvalue weighted by Gasteiger charge is -2.35. The zero-order valence-electron chi connectivity index (χ0n) is 12.9. The van der Waals surface area contributed by atoms with Crippen LogP contribution < -0.4 is 11.1 Å². The van der Waals surface area contributed by atoms with E-state index < -0.39 is 0 Å². The number of hydrogen-bond acceptors (Lipinski definition) is 3. The molecule has 0 aromatic carbocycles. The Labute approximate surface area is 118 Å². The van der Waals surface area contributed by atoms with Gasteiger partial charge in [-0.2, -0.15) is 0 Å². The molecule has 0 saturated carbocycles. The first-order valence-electron chi connectivity index (χ1n) is 7.77. The number of carbonyl (C=O) groups excluding carboxylic acids is 1. The predicted octanol–water partition coefficient (Wildman–Crippen LogP) is 1.74. The Hall–Kier alpha value is -0.610. The standard InChI is InChI=1S/C15H31N3O/c1-4-8-15(12-16,9-5-2)14(19)17-13-6-10-18(3)11-7-13/h13H,4-12,16H2,1-3H3,(H,17,19). The van der Waals surface area contributed by atoms with Gasteiger partial charge in [0.2, 0.25) is 5.91 Å². The first kappa shape index (κ1) is 16.4. The van der Waals surface area contributed by atoms with E-state index in [4.69, 9.17) is 5.73 Å². The van der Waals surface area contributed by atoms with E-state index in [1.54, 1.807) is 0 Å². The van der Waals surface area contributed by atoms with Crippen molar-refractivity contribution in [2.75, 3.05) is 26.7 Å². The van der Waals surface area contributed by atoms with Gasteiger partial charge in [0.15, 0.2) is 0 Å². The third-order valence-corrected chi connectivity index (χ3v) is 4.38. The highest BCUT2D eigenvalue weighted by Crippen LogP contribution is 2.29. The molecule has 0 aromatic heterocycles. The van der Waals surface area contributed by atoms with Crippen molar-refractivity contribution in [1.82, 2.24) is 10.2 Å². The number of amides is 1. The van der Waals surface area contributed by atoms with E-state index in [1.807, 2.05) is 0 Å². The van der Waals surface area contributed by atoms with Crippen LogP contribution in [0.3, 0.4) is 0 Å². The summed E-state index contributed by atoms with van der Waals surface area (Å²) < 4.78 is 0. The Bertz CT molecular complexity index is 267. The van der Waals surface area contributed by atoms with E-state index in [-0.39, 0.29) is 11.3 Å². The Morgan fingerprint density at radius 1 is 1.26 bits per heavy atom. The number of rotatable bonds is 7. The van der Waals surface area contributed by atoms with Gasteiger partial charge in [-0.05, 0) is 45.8 Å². The van der Waals surface area contributed by atoms with Crippen LogP contribution in [0.2, 0.25) is 0 Å². The van der Waals surface area contributed by atoms with Crippen LogP contribution in [0, 0.1) is 5.41 Å². The van der Waals surface area contributed by atoms with Crippen LogP contribution >= 0.6 is 0 Å². The average Bonchev–Trinajstić information content (AvgIpc) is 2.41. The summed E-state index contributed by atoms with van der Waals surface area (Å²) in [4.78, 5) is 14.9. The zero-order valence-corrected chi connectivity index (χ0v) is 12.9. The number of likely N-dealkylation sites (tertiary alicyclic amines) is 1. The van der Waals surface area contributed by atoms with Crippen molar-refractivity contribution in [2.45, 2.75) is 58.4 Å². The second kappa shape index (κ2) is 7.85. The highest BCUT2D eigenvalue weighted by molar-refractivity contribution is 5.83. The fourth-order valence-electron chi connectivity index (χ4n) is 3.10. The molecule has 0 unspecified atom stereocenters. The minimum atomic E-state index is -0.340. The third-order valence-electron chi connectivity index (χ3n) is 4.38. The first-order valence-corrected chi connectivity index (χ1v) is 7.77. The molecule has 1 amide bonds. The smallest absolute Gasteiger partial charge is 0.227 e. The maximum atomic E-state index is 12.6. The predicted molar refractivity (Wildman–Crippen MR) is 80.0 cm³/mol. The molecule has 1 fully saturated rings. The average molecular weight is 269 g/mol. The molecule has 3 N–H and O–H groups in total. The fraction of sp³-hybridized carbons (Fsp3) is 0.933. The Morgan fingerprint density at radius 2 is 1.79 bits per heavy atom. The highest BCUT2D eigenvalue weighted by atomic mass is 16.2. The maximum absolute atomic E-state index is 12.6. The van der Waals surface area contributed by atoms with Crippen molar-refractivity contribution < 1.29 is 4.79 Å². The van der Waals surface area contributed by atoms with Gasteiger partial charge in [-0.25, -0.2) is 0 Å². The van der Waals surface area contributed by atoms with Crippen molar-refractivity contribution >= 4 is 5.91 Å². The Morgan fingerprint density at radius 3 is 2.21 bits per heavy atom. The Balaban J connectivity index is 2.60. The lowest BCUT2D eigenvalue weighted by atomic mass is 9.78. The van der Waals surface area contributed by atoms with Crippen LogP contribution in [0.4, 0.5) is 0 Å². The molecule has 1 saturated heterocycles. The van der Waals surface area contributed by atoms with Gasteiger partial charge in [0.25, 0.3) is 0 Å². The molecule has 4 heteroatoms. The minimum Gasteiger partial charge on any atom is -0.353 e. The van der Waals surface area contributed by atoms with Crippen LogP contribution in [0.1, 0.15) is 52.4 Å². The van der Waals surface area contributed by atoms with Gasteiger partial charge in [0, 0.05) is 12.6 Å². The van der Waals surface area contributed by atoms with Gasteiger partial charge in [0.1, 0.15) is 0 Å². The molecule has 0 atom stereocenters. The third kappa shape index (κ3) is 4.46. The molecule has 19 heavy (non-hydrogen) atoms. The molecule has 0 aromatic rings. The number of piperidine rings is 1. The van der Waals surface area contributed by atoms with Gasteiger partial charge in [0.05, 0.1) is 5.41 Å². The van der Waals surface area contributed by atoms with Crippen molar-refractivity contribution in [1.29, 1.82) is 0 Å². The summed E-state index contributed by atoms with van der Waals surface area (Å²) in [6.07, 6.45) is 5.93. The summed E-state index contributed by atoms with van der Waals surface area (Å²) >= 11 is 0. The van der Waals surface area contributed by atoms with Crippen LogP contribution in [0.25, 0.3) is 0 Å². The van der Waals surface area contributed by atoms with Crippen LogP contribution in [0.5, 0.6) is 0 Å². The molecule has 0 spiro atoms. The van der Waals surface area contributed by atoms with Crippen molar-refractivity contribution in [3.05, 3.63) is 0 Å². The maximum Gasteiger partial charge on any atom is 0.227 e. The number of nitrogens with one attached hydrogen (secondary N) is 1. The van der Waals surface area contributed by atoms with Gasteiger partial charge in [-0.1, -0.05) is 26.7 Å². The molecule has 4 nitrogen and oxygen atoms in total. The van der Waals surface area contributed by atoms with Crippen molar-refractivity contribution in [3.8, 4) is 0 Å². The summed E-state index contributed by atoms with van der Waals surface area (Å²) in [5, 5.41) is 3.26. The zero-order chi connectivity index (χ0) is 14.3. The second-order valence-electron chi connectivity index (χ2n) is 6.04. The summed E-state index contributed by atoms with van der Waals surface area (Å²) in [5.41, 5.74) is 5.60. The second-order valence-corrected chi connectivity index (χ2v) is 6.04. The number of carbonyl (C=O) groups is 1. The number of nitrogens with two attached hydrogens (primary N) is 1. The van der Waals surface area contributed by atoms with Gasteiger partial charge >= 0.3 is 0 Å². The van der Waals surface area contributed by atoms with Crippen LogP contribution in [0.15, 0.2) is 0 Å². The van der Waals surface area contributed by atoms with Gasteiger partial charge in [-0.3, -0.25) is 4.79 Å². The molecular weight excluding hydrogens is 238 g/mol. The van der Waals surface area contributed by atoms with Gasteiger partial charge in [-0.15, -0.1) is 0 Å². The molecular formula is C15H31N3O. The molecule has 1 heterocycles. The fourth-order valence-corrected chi connectivity index (χ4v) is 3.10. The molecule has 1 aliphatic rings.